The molecular weight excluding hydrogens is 434 g/mol. The molecule has 0 aliphatic rings. The van der Waals surface area contributed by atoms with Gasteiger partial charge in [0.05, 0.1) is 27.3 Å². The van der Waals surface area contributed by atoms with Gasteiger partial charge >= 0.3 is 6.18 Å². The van der Waals surface area contributed by atoms with E-state index in [9.17, 15) is 18.4 Å². The maximum absolute atomic E-state index is 13.0. The van der Waals surface area contributed by atoms with Gasteiger partial charge in [0.25, 0.3) is 0 Å². The summed E-state index contributed by atoms with van der Waals surface area (Å²) < 4.78 is 44.4. The molecule has 0 aliphatic carbocycles. The number of rotatable bonds is 3. The van der Waals surface area contributed by atoms with E-state index in [0.29, 0.717) is 10.6 Å². The second kappa shape index (κ2) is 7.92. The van der Waals surface area contributed by atoms with E-state index in [2.05, 4.69) is 0 Å². The van der Waals surface area contributed by atoms with Gasteiger partial charge in [-0.3, -0.25) is 0 Å². The minimum absolute atomic E-state index is 0.0965. The monoisotopic (exact) mass is 441 g/mol. The number of nitrogens with zero attached hydrogens (tertiary/aromatic N) is 1. The summed E-state index contributed by atoms with van der Waals surface area (Å²) in [6, 6.07) is 12.7. The van der Waals surface area contributed by atoms with Crippen LogP contribution in [0.4, 0.5) is 13.2 Å². The molecule has 0 amide bonds. The molecule has 1 heterocycles. The van der Waals surface area contributed by atoms with Crippen LogP contribution < -0.4 is 0 Å². The number of furan rings is 1. The van der Waals surface area contributed by atoms with Crippen molar-refractivity contribution in [2.75, 3.05) is 0 Å². The molecule has 0 saturated carbocycles. The molecule has 0 spiro atoms. The van der Waals surface area contributed by atoms with Gasteiger partial charge in [0.1, 0.15) is 11.5 Å². The average Bonchev–Trinajstić information content (AvgIpc) is 3.08. The van der Waals surface area contributed by atoms with E-state index in [-0.39, 0.29) is 32.7 Å². The van der Waals surface area contributed by atoms with Crippen molar-refractivity contribution in [1.29, 1.82) is 5.26 Å². The minimum Gasteiger partial charge on any atom is -0.457 e. The van der Waals surface area contributed by atoms with Gasteiger partial charge in [0.15, 0.2) is 0 Å². The van der Waals surface area contributed by atoms with Crippen LogP contribution in [0, 0.1) is 11.3 Å². The molecule has 3 aromatic rings. The van der Waals surface area contributed by atoms with Crippen LogP contribution in [0.1, 0.15) is 16.9 Å². The Morgan fingerprint density at radius 3 is 2.36 bits per heavy atom. The van der Waals surface area contributed by atoms with Crippen molar-refractivity contribution in [2.45, 2.75) is 6.18 Å². The number of benzene rings is 2. The third-order valence-corrected chi connectivity index (χ3v) is 4.69. The van der Waals surface area contributed by atoms with Crippen molar-refractivity contribution in [2.24, 2.45) is 0 Å². The summed E-state index contributed by atoms with van der Waals surface area (Å²) in [5.41, 5.74) is -0.0912. The van der Waals surface area contributed by atoms with E-state index in [1.165, 1.54) is 24.3 Å². The van der Waals surface area contributed by atoms with E-state index in [0.717, 1.165) is 18.2 Å². The number of allylic oxidation sites excluding steroid dienone is 1. The highest BCUT2D eigenvalue weighted by molar-refractivity contribution is 6.36. The number of alkyl halides is 3. The maximum Gasteiger partial charge on any atom is 0.416 e. The second-order valence-electron chi connectivity index (χ2n) is 5.69. The Morgan fingerprint density at radius 2 is 1.71 bits per heavy atom. The number of halogens is 6. The molecule has 0 saturated heterocycles. The van der Waals surface area contributed by atoms with Crippen LogP contribution >= 0.6 is 34.8 Å². The molecule has 0 unspecified atom stereocenters. The van der Waals surface area contributed by atoms with Crippen LogP contribution in [0.5, 0.6) is 0 Å². The molecule has 28 heavy (non-hydrogen) atoms. The largest absolute Gasteiger partial charge is 0.457 e. The zero-order valence-electron chi connectivity index (χ0n) is 13.8. The predicted octanol–water partition coefficient (Wildman–Crippen LogP) is 7.99. The highest BCUT2D eigenvalue weighted by Gasteiger charge is 2.31. The molecule has 2 aromatic carbocycles. The lowest BCUT2D eigenvalue weighted by Gasteiger charge is -2.09. The third-order valence-electron chi connectivity index (χ3n) is 3.81. The van der Waals surface area contributed by atoms with Gasteiger partial charge in [-0.05, 0) is 48.5 Å². The van der Waals surface area contributed by atoms with Crippen molar-refractivity contribution in [3.05, 3.63) is 80.5 Å². The van der Waals surface area contributed by atoms with Gasteiger partial charge in [0.2, 0.25) is 0 Å². The fraction of sp³-hybridized carbons (Fsp3) is 0.0500. The second-order valence-corrected chi connectivity index (χ2v) is 6.94. The fourth-order valence-electron chi connectivity index (χ4n) is 2.49. The summed E-state index contributed by atoms with van der Waals surface area (Å²) >= 11 is 18.0. The number of hydrogen-bond donors (Lipinski definition) is 0. The molecule has 0 N–H and O–H groups in total. The zero-order valence-corrected chi connectivity index (χ0v) is 16.1. The van der Waals surface area contributed by atoms with Crippen LogP contribution in [0.2, 0.25) is 15.1 Å². The zero-order chi connectivity index (χ0) is 20.5. The van der Waals surface area contributed by atoms with E-state index < -0.39 is 11.7 Å². The van der Waals surface area contributed by atoms with Gasteiger partial charge in [-0.2, -0.15) is 18.4 Å². The molecule has 0 bridgehead atoms. The minimum atomic E-state index is -4.51. The molecule has 1 aromatic heterocycles. The Bertz CT molecular complexity index is 1110. The van der Waals surface area contributed by atoms with Crippen molar-refractivity contribution >= 4 is 46.5 Å². The number of nitriles is 1. The Labute approximate surface area is 173 Å². The summed E-state index contributed by atoms with van der Waals surface area (Å²) in [7, 11) is 0. The molecule has 0 radical (unpaired) electrons. The van der Waals surface area contributed by atoms with Crippen molar-refractivity contribution in [3.63, 3.8) is 0 Å². The van der Waals surface area contributed by atoms with Gasteiger partial charge < -0.3 is 4.42 Å². The highest BCUT2D eigenvalue weighted by atomic mass is 35.5. The highest BCUT2D eigenvalue weighted by Crippen LogP contribution is 2.37. The molecule has 142 valence electrons. The van der Waals surface area contributed by atoms with Crippen LogP contribution in [0.15, 0.2) is 52.9 Å². The first-order valence-corrected chi connectivity index (χ1v) is 8.86. The van der Waals surface area contributed by atoms with Gasteiger partial charge in [-0.25, -0.2) is 0 Å². The summed E-state index contributed by atoms with van der Waals surface area (Å²) in [5.74, 6) is 0.396. The Morgan fingerprint density at radius 1 is 0.964 bits per heavy atom. The van der Waals surface area contributed by atoms with E-state index in [4.69, 9.17) is 39.2 Å². The Kier molecular flexibility index (Phi) is 5.76. The van der Waals surface area contributed by atoms with E-state index >= 15 is 0 Å². The van der Waals surface area contributed by atoms with Crippen molar-refractivity contribution in [3.8, 4) is 17.4 Å². The van der Waals surface area contributed by atoms with Crippen LogP contribution in [-0.4, -0.2) is 0 Å². The SMILES string of the molecule is N#CC(=Cc1ccc(-c2cc(C(F)(F)F)ccc2Cl)o1)c1ccc(Cl)cc1Cl. The van der Waals surface area contributed by atoms with Gasteiger partial charge in [-0.15, -0.1) is 0 Å². The van der Waals surface area contributed by atoms with Crippen molar-refractivity contribution in [1.82, 2.24) is 0 Å². The third kappa shape index (κ3) is 4.36. The molecule has 0 atom stereocenters. The van der Waals surface area contributed by atoms with Crippen LogP contribution in [0.25, 0.3) is 23.0 Å². The Hall–Kier alpha value is -2.39. The lowest BCUT2D eigenvalue weighted by molar-refractivity contribution is -0.137. The molecule has 2 nitrogen and oxygen atoms in total. The quantitative estimate of drug-likeness (QED) is 0.385. The average molecular weight is 443 g/mol. The normalized spacial score (nSPS) is 12.1. The lowest BCUT2D eigenvalue weighted by Crippen LogP contribution is -2.04. The summed E-state index contributed by atoms with van der Waals surface area (Å²) in [4.78, 5) is 0. The lowest BCUT2D eigenvalue weighted by atomic mass is 10.1. The summed E-state index contributed by atoms with van der Waals surface area (Å²) in [6.07, 6.45) is -3.08. The first kappa shape index (κ1) is 20.3. The van der Waals surface area contributed by atoms with E-state index in [1.807, 2.05) is 6.07 Å². The van der Waals surface area contributed by atoms with Crippen LogP contribution in [-0.2, 0) is 6.18 Å². The van der Waals surface area contributed by atoms with Crippen molar-refractivity contribution < 1.29 is 17.6 Å². The first-order chi connectivity index (χ1) is 13.2. The summed E-state index contributed by atoms with van der Waals surface area (Å²) in [5, 5.41) is 10.2. The maximum atomic E-state index is 13.0. The first-order valence-electron chi connectivity index (χ1n) is 7.73. The Balaban J connectivity index is 2.00. The smallest absolute Gasteiger partial charge is 0.416 e. The van der Waals surface area contributed by atoms with Crippen LogP contribution in [0.3, 0.4) is 0 Å². The number of hydrogen-bond acceptors (Lipinski definition) is 2. The molecular formula is C20H9Cl3F3NO. The van der Waals surface area contributed by atoms with Gasteiger partial charge in [0, 0.05) is 16.1 Å². The topological polar surface area (TPSA) is 36.9 Å². The summed E-state index contributed by atoms with van der Waals surface area (Å²) in [6.45, 7) is 0. The molecule has 3 rings (SSSR count). The van der Waals surface area contributed by atoms with E-state index in [1.54, 1.807) is 12.1 Å². The predicted molar refractivity (Wildman–Crippen MR) is 104 cm³/mol. The fourth-order valence-corrected chi connectivity index (χ4v) is 3.21. The standard InChI is InChI=1S/C20H9Cl3F3NO/c21-13-2-4-15(18(23)9-13)11(10-27)7-14-3-6-19(28-14)16-8-12(20(24,25)26)1-5-17(16)22/h1-9H. The molecule has 8 heteroatoms. The molecule has 0 aliphatic heterocycles. The van der Waals surface area contributed by atoms with Gasteiger partial charge in [-0.1, -0.05) is 40.9 Å². The molecule has 0 fully saturated rings.